The summed E-state index contributed by atoms with van der Waals surface area (Å²) in [6, 6.07) is 26.1. The molecule has 1 aromatic heterocycles. The SMILES string of the molecule is CN(Cc1cn(-c2ccccc2)nc1-c1ccccc1)C(=O)c1cccc(NS(C)(=O)=O)c1. The van der Waals surface area contributed by atoms with Gasteiger partial charge in [0.1, 0.15) is 0 Å². The smallest absolute Gasteiger partial charge is 0.253 e. The number of carbonyl (C=O) groups is 1. The molecule has 3 aromatic carbocycles. The molecule has 8 heteroatoms. The van der Waals surface area contributed by atoms with Gasteiger partial charge in [-0.25, -0.2) is 13.1 Å². The summed E-state index contributed by atoms with van der Waals surface area (Å²) in [6.45, 7) is 0.333. The van der Waals surface area contributed by atoms with Crippen molar-refractivity contribution >= 4 is 21.6 Å². The summed E-state index contributed by atoms with van der Waals surface area (Å²) in [4.78, 5) is 14.7. The van der Waals surface area contributed by atoms with Gasteiger partial charge in [0.25, 0.3) is 5.91 Å². The maximum Gasteiger partial charge on any atom is 0.253 e. The molecule has 0 aliphatic carbocycles. The van der Waals surface area contributed by atoms with Crippen LogP contribution in [-0.2, 0) is 16.6 Å². The third kappa shape index (κ3) is 5.48. The molecule has 0 radical (unpaired) electrons. The van der Waals surface area contributed by atoms with Crippen LogP contribution in [0.2, 0.25) is 0 Å². The van der Waals surface area contributed by atoms with E-state index in [0.29, 0.717) is 17.8 Å². The van der Waals surface area contributed by atoms with Crippen molar-refractivity contribution in [3.63, 3.8) is 0 Å². The summed E-state index contributed by atoms with van der Waals surface area (Å²) in [5.74, 6) is -0.223. The number of anilines is 1. The molecule has 4 aromatic rings. The molecule has 0 unspecified atom stereocenters. The Morgan fingerprint density at radius 1 is 0.970 bits per heavy atom. The molecule has 0 bridgehead atoms. The van der Waals surface area contributed by atoms with Crippen LogP contribution in [0.5, 0.6) is 0 Å². The first-order valence-electron chi connectivity index (χ1n) is 10.3. The Bertz CT molecular complexity index is 1370. The van der Waals surface area contributed by atoms with E-state index < -0.39 is 10.0 Å². The number of nitrogens with one attached hydrogen (secondary N) is 1. The molecule has 0 fully saturated rings. The van der Waals surface area contributed by atoms with Crippen molar-refractivity contribution in [1.29, 1.82) is 0 Å². The predicted molar refractivity (Wildman–Crippen MR) is 130 cm³/mol. The van der Waals surface area contributed by atoms with Crippen molar-refractivity contribution in [1.82, 2.24) is 14.7 Å². The number of rotatable bonds is 7. The fraction of sp³-hybridized carbons (Fsp3) is 0.120. The number of hydrogen-bond acceptors (Lipinski definition) is 4. The Labute approximate surface area is 193 Å². The fourth-order valence-electron chi connectivity index (χ4n) is 3.55. The second-order valence-electron chi connectivity index (χ2n) is 7.77. The zero-order chi connectivity index (χ0) is 23.4. The second kappa shape index (κ2) is 9.30. The summed E-state index contributed by atoms with van der Waals surface area (Å²) in [7, 11) is -1.72. The highest BCUT2D eigenvalue weighted by Crippen LogP contribution is 2.25. The Morgan fingerprint density at radius 2 is 1.64 bits per heavy atom. The highest BCUT2D eigenvalue weighted by atomic mass is 32.2. The quantitative estimate of drug-likeness (QED) is 0.448. The molecule has 0 saturated carbocycles. The molecule has 33 heavy (non-hydrogen) atoms. The molecular weight excluding hydrogens is 436 g/mol. The lowest BCUT2D eigenvalue weighted by molar-refractivity contribution is 0.0785. The maximum atomic E-state index is 13.1. The van der Waals surface area contributed by atoms with Gasteiger partial charge in [-0.15, -0.1) is 0 Å². The van der Waals surface area contributed by atoms with Crippen LogP contribution in [0.3, 0.4) is 0 Å². The van der Waals surface area contributed by atoms with Crippen molar-refractivity contribution in [2.24, 2.45) is 0 Å². The number of nitrogens with zero attached hydrogens (tertiary/aromatic N) is 3. The maximum absolute atomic E-state index is 13.1. The highest BCUT2D eigenvalue weighted by Gasteiger charge is 2.18. The molecule has 0 atom stereocenters. The van der Waals surface area contributed by atoms with Gasteiger partial charge in [-0.2, -0.15) is 5.10 Å². The van der Waals surface area contributed by atoms with Gasteiger partial charge < -0.3 is 4.90 Å². The first-order chi connectivity index (χ1) is 15.8. The fourth-order valence-corrected chi connectivity index (χ4v) is 4.11. The number of amides is 1. The third-order valence-electron chi connectivity index (χ3n) is 5.02. The number of benzene rings is 3. The number of sulfonamides is 1. The van der Waals surface area contributed by atoms with Gasteiger partial charge >= 0.3 is 0 Å². The summed E-state index contributed by atoms with van der Waals surface area (Å²) in [6.07, 6.45) is 3.01. The second-order valence-corrected chi connectivity index (χ2v) is 9.51. The number of carbonyl (C=O) groups excluding carboxylic acids is 1. The van der Waals surface area contributed by atoms with E-state index in [9.17, 15) is 13.2 Å². The Balaban J connectivity index is 1.63. The zero-order valence-electron chi connectivity index (χ0n) is 18.3. The van der Waals surface area contributed by atoms with Crippen molar-refractivity contribution < 1.29 is 13.2 Å². The van der Waals surface area contributed by atoms with E-state index in [4.69, 9.17) is 5.10 Å². The van der Waals surface area contributed by atoms with Gasteiger partial charge in [-0.3, -0.25) is 9.52 Å². The van der Waals surface area contributed by atoms with Gasteiger partial charge in [0, 0.05) is 42.2 Å². The van der Waals surface area contributed by atoms with Crippen LogP contribution in [0.4, 0.5) is 5.69 Å². The van der Waals surface area contributed by atoms with Gasteiger partial charge in [0.05, 0.1) is 17.6 Å². The van der Waals surface area contributed by atoms with Crippen LogP contribution in [0.15, 0.2) is 91.1 Å². The van der Waals surface area contributed by atoms with Crippen LogP contribution >= 0.6 is 0 Å². The van der Waals surface area contributed by atoms with Crippen LogP contribution in [0.1, 0.15) is 15.9 Å². The minimum atomic E-state index is -3.43. The van der Waals surface area contributed by atoms with E-state index in [1.165, 1.54) is 6.07 Å². The molecule has 0 aliphatic heterocycles. The average molecular weight is 461 g/mol. The highest BCUT2D eigenvalue weighted by molar-refractivity contribution is 7.92. The van der Waals surface area contributed by atoms with Crippen molar-refractivity contribution in [3.8, 4) is 16.9 Å². The Kier molecular flexibility index (Phi) is 6.28. The molecule has 4 rings (SSSR count). The summed E-state index contributed by atoms with van der Waals surface area (Å²) in [5, 5.41) is 4.79. The topological polar surface area (TPSA) is 84.3 Å². The third-order valence-corrected chi connectivity index (χ3v) is 5.63. The van der Waals surface area contributed by atoms with Crippen molar-refractivity contribution in [2.45, 2.75) is 6.54 Å². The van der Waals surface area contributed by atoms with Crippen molar-refractivity contribution in [3.05, 3.63) is 102 Å². The van der Waals surface area contributed by atoms with E-state index in [0.717, 1.165) is 28.8 Å². The largest absolute Gasteiger partial charge is 0.337 e. The number of hydrogen-bond donors (Lipinski definition) is 1. The van der Waals surface area contributed by atoms with E-state index in [-0.39, 0.29) is 5.91 Å². The molecule has 1 heterocycles. The van der Waals surface area contributed by atoms with Crippen molar-refractivity contribution in [2.75, 3.05) is 18.0 Å². The van der Waals surface area contributed by atoms with Crippen LogP contribution < -0.4 is 4.72 Å². The Morgan fingerprint density at radius 3 is 2.30 bits per heavy atom. The molecule has 0 aliphatic rings. The monoisotopic (exact) mass is 460 g/mol. The average Bonchev–Trinajstić information content (AvgIpc) is 3.22. The summed E-state index contributed by atoms with van der Waals surface area (Å²) >= 11 is 0. The molecule has 7 nitrogen and oxygen atoms in total. The molecular formula is C25H24N4O3S. The Hall–Kier alpha value is -3.91. The van der Waals surface area contributed by atoms with Crippen LogP contribution in [0, 0.1) is 0 Å². The normalized spacial score (nSPS) is 11.2. The standard InChI is InChI=1S/C25H24N4O3S/c1-28(25(30)20-12-9-13-22(16-20)27-33(2,31)32)17-21-18-29(23-14-7-4-8-15-23)26-24(21)19-10-5-3-6-11-19/h3-16,18,27H,17H2,1-2H3. The van der Waals surface area contributed by atoms with E-state index in [2.05, 4.69) is 4.72 Å². The first-order valence-corrected chi connectivity index (χ1v) is 12.2. The van der Waals surface area contributed by atoms with E-state index in [1.54, 1.807) is 30.1 Å². The van der Waals surface area contributed by atoms with Crippen LogP contribution in [-0.4, -0.2) is 42.3 Å². The lowest BCUT2D eigenvalue weighted by Gasteiger charge is -2.18. The van der Waals surface area contributed by atoms with Gasteiger partial charge in [-0.1, -0.05) is 54.6 Å². The minimum absolute atomic E-state index is 0.223. The van der Waals surface area contributed by atoms with E-state index >= 15 is 0 Å². The zero-order valence-corrected chi connectivity index (χ0v) is 19.2. The summed E-state index contributed by atoms with van der Waals surface area (Å²) in [5.41, 5.74) is 4.32. The molecule has 1 amide bonds. The number of aromatic nitrogens is 2. The first kappa shape index (κ1) is 22.3. The lowest BCUT2D eigenvalue weighted by Crippen LogP contribution is -2.26. The molecule has 0 spiro atoms. The van der Waals surface area contributed by atoms with Gasteiger partial charge in [-0.05, 0) is 30.3 Å². The summed E-state index contributed by atoms with van der Waals surface area (Å²) < 4.78 is 27.3. The van der Waals surface area contributed by atoms with Gasteiger partial charge in [0.15, 0.2) is 0 Å². The van der Waals surface area contributed by atoms with E-state index in [1.807, 2.05) is 71.5 Å². The molecule has 168 valence electrons. The minimum Gasteiger partial charge on any atom is -0.337 e. The molecule has 0 saturated heterocycles. The molecule has 1 N–H and O–H groups in total. The predicted octanol–water partition coefficient (Wildman–Crippen LogP) is 4.18. The van der Waals surface area contributed by atoms with Gasteiger partial charge in [0.2, 0.25) is 10.0 Å². The van der Waals surface area contributed by atoms with Crippen LogP contribution in [0.25, 0.3) is 16.9 Å². The lowest BCUT2D eigenvalue weighted by atomic mass is 10.1. The number of para-hydroxylation sites is 1.